The number of esters is 1. The Morgan fingerprint density at radius 2 is 2.20 bits per heavy atom. The Labute approximate surface area is 205 Å². The molecule has 3 aromatic rings. The third-order valence-corrected chi connectivity index (χ3v) is 5.94. The van der Waals surface area contributed by atoms with Crippen molar-refractivity contribution in [3.05, 3.63) is 30.2 Å². The number of likely N-dealkylation sites (N-methyl/N-ethyl adjacent to an activating group) is 1. The van der Waals surface area contributed by atoms with E-state index in [1.165, 1.54) is 0 Å². The highest BCUT2D eigenvalue weighted by atomic mass is 16.5. The van der Waals surface area contributed by atoms with Gasteiger partial charge in [-0.05, 0) is 51.8 Å². The van der Waals surface area contributed by atoms with Gasteiger partial charge in [0.15, 0.2) is 17.6 Å². The van der Waals surface area contributed by atoms with Crippen LogP contribution in [0.15, 0.2) is 18.8 Å². The van der Waals surface area contributed by atoms with Crippen LogP contribution in [0.2, 0.25) is 0 Å². The van der Waals surface area contributed by atoms with Crippen molar-refractivity contribution < 1.29 is 19.0 Å². The highest BCUT2D eigenvalue weighted by molar-refractivity contribution is 5.98. The lowest BCUT2D eigenvalue weighted by atomic mass is 10.1. The largest absolute Gasteiger partial charge is 0.473 e. The topological polar surface area (TPSA) is 105 Å². The zero-order valence-electron chi connectivity index (χ0n) is 20.9. The Morgan fingerprint density at radius 3 is 2.89 bits per heavy atom. The molecule has 1 unspecified atom stereocenters. The molecule has 0 amide bonds. The van der Waals surface area contributed by atoms with Crippen molar-refractivity contribution in [1.82, 2.24) is 29.9 Å². The van der Waals surface area contributed by atoms with E-state index in [9.17, 15) is 4.79 Å². The minimum absolute atomic E-state index is 0.147. The molecule has 4 heterocycles. The molecule has 3 aromatic heterocycles. The molecule has 35 heavy (non-hydrogen) atoms. The van der Waals surface area contributed by atoms with E-state index in [-0.39, 0.29) is 24.6 Å². The first-order chi connectivity index (χ1) is 17.0. The number of aromatic nitrogens is 5. The zero-order valence-corrected chi connectivity index (χ0v) is 20.9. The molecule has 0 aromatic carbocycles. The minimum atomic E-state index is -0.511. The summed E-state index contributed by atoms with van der Waals surface area (Å²) in [6, 6.07) is 1.95. The number of nitrogens with zero attached hydrogens (tertiary/aromatic N) is 5. The third kappa shape index (κ3) is 5.08. The van der Waals surface area contributed by atoms with E-state index < -0.39 is 5.97 Å². The molecule has 0 bridgehead atoms. The van der Waals surface area contributed by atoms with Crippen LogP contribution in [0.4, 0.5) is 0 Å². The summed E-state index contributed by atoms with van der Waals surface area (Å²) in [6.07, 6.45) is 6.14. The van der Waals surface area contributed by atoms with Crippen molar-refractivity contribution in [3.63, 3.8) is 0 Å². The maximum Gasteiger partial charge on any atom is 0.359 e. The number of ether oxygens (including phenoxy) is 3. The predicted molar refractivity (Wildman–Crippen MR) is 133 cm³/mol. The summed E-state index contributed by atoms with van der Waals surface area (Å²) in [5, 5.41) is 13.3. The molecule has 1 fully saturated rings. The van der Waals surface area contributed by atoms with Gasteiger partial charge >= 0.3 is 5.97 Å². The van der Waals surface area contributed by atoms with Gasteiger partial charge in [0.05, 0.1) is 17.9 Å². The molecule has 1 saturated heterocycles. The van der Waals surface area contributed by atoms with Gasteiger partial charge in [-0.2, -0.15) is 10.2 Å². The minimum Gasteiger partial charge on any atom is -0.473 e. The predicted octanol–water partition coefficient (Wildman–Crippen LogP) is 3.73. The van der Waals surface area contributed by atoms with Gasteiger partial charge in [0.2, 0.25) is 5.88 Å². The van der Waals surface area contributed by atoms with Crippen LogP contribution in [0.25, 0.3) is 28.2 Å². The van der Waals surface area contributed by atoms with Crippen molar-refractivity contribution >= 4 is 23.1 Å². The van der Waals surface area contributed by atoms with E-state index in [1.54, 1.807) is 30.9 Å². The molecule has 0 aliphatic carbocycles. The highest BCUT2D eigenvalue weighted by Crippen LogP contribution is 2.37. The number of rotatable bonds is 10. The normalized spacial score (nSPS) is 16.9. The first-order valence-electron chi connectivity index (χ1n) is 12.2. The van der Waals surface area contributed by atoms with Crippen LogP contribution in [0.5, 0.6) is 5.88 Å². The van der Waals surface area contributed by atoms with Crippen molar-refractivity contribution in [3.8, 4) is 17.0 Å². The summed E-state index contributed by atoms with van der Waals surface area (Å²) in [4.78, 5) is 17.6. The lowest BCUT2D eigenvalue weighted by molar-refractivity contribution is -0.0370. The van der Waals surface area contributed by atoms with Crippen LogP contribution in [0, 0.1) is 0 Å². The van der Waals surface area contributed by atoms with Gasteiger partial charge in [0, 0.05) is 37.3 Å². The number of nitrogens with one attached hydrogen (secondary N) is 1. The van der Waals surface area contributed by atoms with Crippen LogP contribution in [-0.4, -0.2) is 62.9 Å². The number of hydrogen-bond donors (Lipinski definition) is 1. The quantitative estimate of drug-likeness (QED) is 0.436. The summed E-state index contributed by atoms with van der Waals surface area (Å²) in [7, 11) is 1.75. The number of carbonyl (C=O) groups excluding carboxylic acids is 1. The maximum atomic E-state index is 12.8. The van der Waals surface area contributed by atoms with Crippen LogP contribution >= 0.6 is 0 Å². The molecule has 2 atom stereocenters. The fourth-order valence-corrected chi connectivity index (χ4v) is 4.28. The molecular formula is C25H34N6O4. The van der Waals surface area contributed by atoms with Crippen LogP contribution in [0.3, 0.4) is 0 Å². The summed E-state index contributed by atoms with van der Waals surface area (Å²) >= 11 is 0. The highest BCUT2D eigenvalue weighted by Gasteiger charge is 2.28. The average Bonchev–Trinajstić information content (AvgIpc) is 3.40. The van der Waals surface area contributed by atoms with Gasteiger partial charge in [-0.3, -0.25) is 0 Å². The lowest BCUT2D eigenvalue weighted by Gasteiger charge is -2.23. The second kappa shape index (κ2) is 11.0. The molecule has 4 rings (SSSR count). The van der Waals surface area contributed by atoms with Gasteiger partial charge in [0.1, 0.15) is 6.10 Å². The fourth-order valence-electron chi connectivity index (χ4n) is 4.28. The standard InChI is InChI=1S/C25H34N6O4/c1-6-19-18-13-17(15-27-23(18)31(28-19)20-11-9-10-12-34-20)21-22(25(32)33-8-3)29-30(5)24(21)35-16(4)14-26-7-2/h6,13,15-16,20,26H,1,7-12,14H2,2-5H3/t16-,20?/m0/s1. The van der Waals surface area contributed by atoms with E-state index >= 15 is 0 Å². The molecule has 1 N–H and O–H groups in total. The summed E-state index contributed by atoms with van der Waals surface area (Å²) in [5.41, 5.74) is 2.82. The van der Waals surface area contributed by atoms with Crippen molar-refractivity contribution in [1.29, 1.82) is 0 Å². The molecule has 0 spiro atoms. The van der Waals surface area contributed by atoms with Crippen LogP contribution in [0.1, 0.15) is 62.4 Å². The second-order valence-corrected chi connectivity index (χ2v) is 8.56. The van der Waals surface area contributed by atoms with Gasteiger partial charge in [-0.1, -0.05) is 13.5 Å². The Hall–Kier alpha value is -3.24. The molecule has 188 valence electrons. The van der Waals surface area contributed by atoms with Crippen LogP contribution in [-0.2, 0) is 16.5 Å². The van der Waals surface area contributed by atoms with Gasteiger partial charge in [-0.25, -0.2) is 19.1 Å². The molecule has 1 aliphatic rings. The van der Waals surface area contributed by atoms with Gasteiger partial charge in [0.25, 0.3) is 0 Å². The van der Waals surface area contributed by atoms with E-state index in [1.807, 2.05) is 24.6 Å². The maximum absolute atomic E-state index is 12.8. The molecule has 1 aliphatic heterocycles. The zero-order chi connectivity index (χ0) is 24.9. The van der Waals surface area contributed by atoms with Gasteiger partial charge in [-0.15, -0.1) is 0 Å². The summed E-state index contributed by atoms with van der Waals surface area (Å²) < 4.78 is 20.9. The Morgan fingerprint density at radius 1 is 1.37 bits per heavy atom. The Balaban J connectivity index is 1.82. The third-order valence-electron chi connectivity index (χ3n) is 5.94. The SMILES string of the molecule is C=Cc1nn(C2CCCCO2)c2ncc(-c3c(C(=O)OCC)nn(C)c3O[C@@H](C)CNCC)cc12. The number of aryl methyl sites for hydroxylation is 1. The number of fused-ring (bicyclic) bond motifs is 1. The first kappa shape index (κ1) is 24.9. The van der Waals surface area contributed by atoms with E-state index in [2.05, 4.69) is 17.0 Å². The van der Waals surface area contributed by atoms with E-state index in [4.69, 9.17) is 24.3 Å². The smallest absolute Gasteiger partial charge is 0.359 e. The number of hydrogen-bond acceptors (Lipinski definition) is 8. The molecule has 0 saturated carbocycles. The second-order valence-electron chi connectivity index (χ2n) is 8.56. The number of carbonyl (C=O) groups is 1. The van der Waals surface area contributed by atoms with Crippen molar-refractivity contribution in [2.45, 2.75) is 52.4 Å². The van der Waals surface area contributed by atoms with E-state index in [0.29, 0.717) is 41.5 Å². The fraction of sp³-hybridized carbons (Fsp3) is 0.520. The summed E-state index contributed by atoms with van der Waals surface area (Å²) in [5.74, 6) is -0.0367. The lowest BCUT2D eigenvalue weighted by Crippen LogP contribution is -2.29. The molecule has 0 radical (unpaired) electrons. The summed E-state index contributed by atoms with van der Waals surface area (Å²) in [6.45, 7) is 12.1. The average molecular weight is 483 g/mol. The Kier molecular flexibility index (Phi) is 7.82. The first-order valence-corrected chi connectivity index (χ1v) is 12.2. The van der Waals surface area contributed by atoms with Gasteiger partial charge < -0.3 is 19.5 Å². The molecular weight excluding hydrogens is 448 g/mol. The van der Waals surface area contributed by atoms with Crippen molar-refractivity contribution in [2.24, 2.45) is 7.05 Å². The van der Waals surface area contributed by atoms with Crippen LogP contribution < -0.4 is 10.1 Å². The van der Waals surface area contributed by atoms with E-state index in [0.717, 1.165) is 31.2 Å². The molecule has 10 heteroatoms. The monoisotopic (exact) mass is 482 g/mol. The number of pyridine rings is 1. The van der Waals surface area contributed by atoms with Crippen molar-refractivity contribution in [2.75, 3.05) is 26.3 Å². The molecule has 10 nitrogen and oxygen atoms in total. The Bertz CT molecular complexity index is 1190.